The van der Waals surface area contributed by atoms with Gasteiger partial charge in [0.25, 0.3) is 0 Å². The van der Waals surface area contributed by atoms with Crippen LogP contribution in [0, 0.1) is 6.92 Å². The number of carbonyl (C=O) groups excluding carboxylic acids is 2. The summed E-state index contributed by atoms with van der Waals surface area (Å²) in [4.78, 5) is 32.7. The summed E-state index contributed by atoms with van der Waals surface area (Å²) in [5, 5.41) is 0. The molecule has 6 nitrogen and oxygen atoms in total. The summed E-state index contributed by atoms with van der Waals surface area (Å²) in [6.07, 6.45) is 6.44. The molecule has 0 aliphatic carbocycles. The third-order valence-electron chi connectivity index (χ3n) is 6.43. The SMILES string of the molecule is Cc1cccc(Cc2ccc([C@@H]3CCCN(C(=O)COCCN4CCCC4=O)C3)nc2)c1. The maximum Gasteiger partial charge on any atom is 0.248 e. The van der Waals surface area contributed by atoms with E-state index >= 15 is 0 Å². The van der Waals surface area contributed by atoms with E-state index in [-0.39, 0.29) is 24.3 Å². The average Bonchev–Trinajstić information content (AvgIpc) is 3.22. The Morgan fingerprint density at radius 3 is 2.81 bits per heavy atom. The summed E-state index contributed by atoms with van der Waals surface area (Å²) >= 11 is 0. The van der Waals surface area contributed by atoms with Crippen LogP contribution in [0.15, 0.2) is 42.6 Å². The lowest BCUT2D eigenvalue weighted by molar-refractivity contribution is -0.137. The number of carbonyl (C=O) groups is 2. The minimum absolute atomic E-state index is 0.0264. The second kappa shape index (κ2) is 10.7. The van der Waals surface area contributed by atoms with Crippen LogP contribution in [-0.2, 0) is 20.7 Å². The summed E-state index contributed by atoms with van der Waals surface area (Å²) in [6, 6.07) is 12.8. The van der Waals surface area contributed by atoms with Gasteiger partial charge in [-0.15, -0.1) is 0 Å². The van der Waals surface area contributed by atoms with Crippen molar-refractivity contribution in [2.24, 2.45) is 0 Å². The van der Waals surface area contributed by atoms with Gasteiger partial charge in [0.15, 0.2) is 0 Å². The average molecular weight is 436 g/mol. The van der Waals surface area contributed by atoms with E-state index in [1.165, 1.54) is 16.7 Å². The number of rotatable bonds is 8. The second-order valence-electron chi connectivity index (χ2n) is 8.97. The Bertz CT molecular complexity index is 928. The number of piperidine rings is 1. The standard InChI is InChI=1S/C26H33N3O3/c1-20-5-2-6-21(15-20)16-22-9-10-24(27-17-22)23-7-3-12-29(18-23)26(31)19-32-14-13-28-11-4-8-25(28)30/h2,5-6,9-10,15,17,23H,3-4,7-8,11-14,16,18-19H2,1H3/t23-/m1/s1. The van der Waals surface area contributed by atoms with Gasteiger partial charge in [-0.3, -0.25) is 14.6 Å². The van der Waals surface area contributed by atoms with Gasteiger partial charge in [-0.25, -0.2) is 0 Å². The Balaban J connectivity index is 1.24. The molecule has 2 amide bonds. The predicted molar refractivity (Wildman–Crippen MR) is 123 cm³/mol. The smallest absolute Gasteiger partial charge is 0.248 e. The topological polar surface area (TPSA) is 62.7 Å². The molecule has 32 heavy (non-hydrogen) atoms. The Morgan fingerprint density at radius 2 is 2.06 bits per heavy atom. The molecule has 1 atom stereocenters. The van der Waals surface area contributed by atoms with Gasteiger partial charge < -0.3 is 14.5 Å². The number of aromatic nitrogens is 1. The molecule has 0 radical (unpaired) electrons. The number of ether oxygens (including phenoxy) is 1. The van der Waals surface area contributed by atoms with Crippen molar-refractivity contribution in [3.63, 3.8) is 0 Å². The van der Waals surface area contributed by atoms with Crippen molar-refractivity contribution in [1.82, 2.24) is 14.8 Å². The minimum Gasteiger partial charge on any atom is -0.370 e. The van der Waals surface area contributed by atoms with Crippen molar-refractivity contribution in [3.05, 3.63) is 65.0 Å². The van der Waals surface area contributed by atoms with Crippen molar-refractivity contribution < 1.29 is 14.3 Å². The lowest BCUT2D eigenvalue weighted by Gasteiger charge is -2.32. The Morgan fingerprint density at radius 1 is 1.16 bits per heavy atom. The maximum absolute atomic E-state index is 12.6. The third kappa shape index (κ3) is 5.94. The minimum atomic E-state index is 0.0264. The van der Waals surface area contributed by atoms with Crippen LogP contribution in [0.1, 0.15) is 54.0 Å². The van der Waals surface area contributed by atoms with E-state index in [4.69, 9.17) is 9.72 Å². The normalized spacial score (nSPS) is 18.9. The van der Waals surface area contributed by atoms with Crippen LogP contribution in [0.4, 0.5) is 0 Å². The molecule has 2 aliphatic heterocycles. The summed E-state index contributed by atoms with van der Waals surface area (Å²) in [6.45, 7) is 5.46. The van der Waals surface area contributed by atoms with E-state index in [0.29, 0.717) is 26.1 Å². The van der Waals surface area contributed by atoms with Crippen molar-refractivity contribution in [1.29, 1.82) is 0 Å². The number of pyridine rings is 1. The number of hydrogen-bond acceptors (Lipinski definition) is 4. The zero-order valence-electron chi connectivity index (χ0n) is 19.0. The lowest BCUT2D eigenvalue weighted by atomic mass is 9.93. The molecule has 0 bridgehead atoms. The number of nitrogens with zero attached hydrogens (tertiary/aromatic N) is 3. The fraction of sp³-hybridized carbons (Fsp3) is 0.500. The number of aryl methyl sites for hydroxylation is 1. The Labute approximate surface area is 190 Å². The van der Waals surface area contributed by atoms with Crippen LogP contribution >= 0.6 is 0 Å². The molecule has 4 rings (SSSR count). The second-order valence-corrected chi connectivity index (χ2v) is 8.97. The number of amides is 2. The highest BCUT2D eigenvalue weighted by Gasteiger charge is 2.26. The number of benzene rings is 1. The van der Waals surface area contributed by atoms with Gasteiger partial charge in [0, 0.05) is 50.4 Å². The molecular weight excluding hydrogens is 402 g/mol. The summed E-state index contributed by atoms with van der Waals surface area (Å²) in [5.41, 5.74) is 4.83. The van der Waals surface area contributed by atoms with E-state index in [9.17, 15) is 9.59 Å². The van der Waals surface area contributed by atoms with Crippen LogP contribution in [0.2, 0.25) is 0 Å². The Hall–Kier alpha value is -2.73. The predicted octanol–water partition coefficient (Wildman–Crippen LogP) is 3.33. The highest BCUT2D eigenvalue weighted by Crippen LogP contribution is 2.26. The first-order valence-electron chi connectivity index (χ1n) is 11.7. The molecular formula is C26H33N3O3. The molecule has 0 unspecified atom stereocenters. The van der Waals surface area contributed by atoms with Crippen molar-refractivity contribution >= 4 is 11.8 Å². The van der Waals surface area contributed by atoms with Gasteiger partial charge in [-0.1, -0.05) is 35.9 Å². The molecule has 0 N–H and O–H groups in total. The molecule has 2 aliphatic rings. The zero-order valence-corrected chi connectivity index (χ0v) is 19.0. The zero-order chi connectivity index (χ0) is 22.3. The fourth-order valence-electron chi connectivity index (χ4n) is 4.65. The van der Waals surface area contributed by atoms with Crippen molar-refractivity contribution in [3.8, 4) is 0 Å². The molecule has 2 fully saturated rings. The monoisotopic (exact) mass is 435 g/mol. The van der Waals surface area contributed by atoms with E-state index < -0.39 is 0 Å². The first-order chi connectivity index (χ1) is 15.6. The molecule has 2 saturated heterocycles. The number of hydrogen-bond donors (Lipinski definition) is 0. The van der Waals surface area contributed by atoms with E-state index in [1.807, 2.05) is 16.0 Å². The van der Waals surface area contributed by atoms with Crippen LogP contribution in [0.5, 0.6) is 0 Å². The Kier molecular flexibility index (Phi) is 7.53. The van der Waals surface area contributed by atoms with E-state index in [2.05, 4.69) is 43.3 Å². The molecule has 2 aromatic rings. The first kappa shape index (κ1) is 22.5. The van der Waals surface area contributed by atoms with Gasteiger partial charge in [0.1, 0.15) is 6.61 Å². The lowest BCUT2D eigenvalue weighted by Crippen LogP contribution is -2.41. The maximum atomic E-state index is 12.6. The largest absolute Gasteiger partial charge is 0.370 e. The van der Waals surface area contributed by atoms with Crippen LogP contribution in [0.25, 0.3) is 0 Å². The van der Waals surface area contributed by atoms with E-state index in [0.717, 1.165) is 44.5 Å². The van der Waals surface area contributed by atoms with Crippen molar-refractivity contribution in [2.75, 3.05) is 39.4 Å². The summed E-state index contributed by atoms with van der Waals surface area (Å²) in [5.74, 6) is 0.484. The molecule has 0 spiro atoms. The van der Waals surface area contributed by atoms with E-state index in [1.54, 1.807) is 0 Å². The van der Waals surface area contributed by atoms with Gasteiger partial charge in [0.2, 0.25) is 11.8 Å². The fourth-order valence-corrected chi connectivity index (χ4v) is 4.65. The molecule has 1 aromatic carbocycles. The van der Waals surface area contributed by atoms with Gasteiger partial charge in [-0.05, 0) is 49.8 Å². The van der Waals surface area contributed by atoms with Crippen LogP contribution in [0.3, 0.4) is 0 Å². The highest BCUT2D eigenvalue weighted by atomic mass is 16.5. The van der Waals surface area contributed by atoms with Gasteiger partial charge >= 0.3 is 0 Å². The quantitative estimate of drug-likeness (QED) is 0.597. The van der Waals surface area contributed by atoms with Crippen molar-refractivity contribution in [2.45, 2.75) is 44.9 Å². The van der Waals surface area contributed by atoms with Gasteiger partial charge in [-0.2, -0.15) is 0 Å². The summed E-state index contributed by atoms with van der Waals surface area (Å²) in [7, 11) is 0. The highest BCUT2D eigenvalue weighted by molar-refractivity contribution is 5.78. The summed E-state index contributed by atoms with van der Waals surface area (Å²) < 4.78 is 5.58. The van der Waals surface area contributed by atoms with Crippen LogP contribution in [-0.4, -0.2) is 66.0 Å². The first-order valence-corrected chi connectivity index (χ1v) is 11.7. The van der Waals surface area contributed by atoms with Crippen LogP contribution < -0.4 is 0 Å². The van der Waals surface area contributed by atoms with Gasteiger partial charge in [0.05, 0.1) is 6.61 Å². The molecule has 0 saturated carbocycles. The molecule has 1 aromatic heterocycles. The molecule has 170 valence electrons. The number of likely N-dealkylation sites (tertiary alicyclic amines) is 2. The molecule has 3 heterocycles. The third-order valence-corrected chi connectivity index (χ3v) is 6.43. The molecule has 6 heteroatoms.